The number of hydrogen-bond acceptors (Lipinski definition) is 6. The van der Waals surface area contributed by atoms with Gasteiger partial charge in [-0.05, 0) is 17.0 Å². The molecule has 0 spiro atoms. The van der Waals surface area contributed by atoms with Gasteiger partial charge in [-0.25, -0.2) is 0 Å². The van der Waals surface area contributed by atoms with Gasteiger partial charge in [0.05, 0.1) is 14.2 Å². The molecule has 0 atom stereocenters. The SMILES string of the molecule is C=CCC(=[C-]C(=O)OC)C(=O)OC.S=P([S-])(c1ccccc1)c1ccccc1.[C-]#[O+].[C-]#[O+].[C-]#[O+].[Mo+2]. The van der Waals surface area contributed by atoms with Crippen molar-refractivity contribution >= 4 is 51.8 Å². The van der Waals surface area contributed by atoms with Crippen LogP contribution in [-0.4, -0.2) is 26.2 Å². The van der Waals surface area contributed by atoms with Crippen LogP contribution >= 0.6 is 5.24 Å². The van der Waals surface area contributed by atoms with E-state index in [1.165, 1.54) is 20.3 Å². The van der Waals surface area contributed by atoms with Crippen LogP contribution < -0.4 is 10.6 Å². The van der Waals surface area contributed by atoms with Crippen LogP contribution in [-0.2, 0) is 78.1 Å². The topological polar surface area (TPSA) is 112 Å². The Labute approximate surface area is 230 Å². The monoisotopic (exact) mass is 614 g/mol. The van der Waals surface area contributed by atoms with Gasteiger partial charge in [0.25, 0.3) is 0 Å². The first-order valence-electron chi connectivity index (χ1n) is 8.80. The van der Waals surface area contributed by atoms with Gasteiger partial charge in [-0.1, -0.05) is 66.7 Å². The Balaban J connectivity index is -0.000000223. The zero-order chi connectivity index (χ0) is 27.0. The summed E-state index contributed by atoms with van der Waals surface area (Å²) in [6, 6.07) is 20.1. The summed E-state index contributed by atoms with van der Waals surface area (Å²) in [4.78, 5) is 21.7. The third-order valence-corrected chi connectivity index (χ3v) is 7.90. The second-order valence-corrected chi connectivity index (χ2v) is 11.4. The molecule has 0 aliphatic heterocycles. The maximum Gasteiger partial charge on any atom is 2.00 e. The summed E-state index contributed by atoms with van der Waals surface area (Å²) in [6.07, 6.45) is 3.93. The quantitative estimate of drug-likeness (QED) is 0.0725. The number of esters is 2. The molecule has 0 bridgehead atoms. The largest absolute Gasteiger partial charge is 2.00 e. The molecule has 0 heterocycles. The molecule has 0 N–H and O–H groups in total. The molecule has 182 valence electrons. The van der Waals surface area contributed by atoms with Gasteiger partial charge in [-0.15, -0.1) is 35.3 Å². The second-order valence-electron chi connectivity index (χ2n) is 5.30. The molecule has 0 amide bonds. The van der Waals surface area contributed by atoms with Crippen molar-refractivity contribution < 1.29 is 54.1 Å². The first-order valence-corrected chi connectivity index (χ1v) is 12.6. The zero-order valence-electron chi connectivity index (χ0n) is 18.8. The van der Waals surface area contributed by atoms with Gasteiger partial charge in [-0.3, -0.25) is 4.79 Å². The average molecular weight is 612 g/mol. The Hall–Kier alpha value is -2.23. The van der Waals surface area contributed by atoms with Crippen molar-refractivity contribution in [2.24, 2.45) is 0 Å². The van der Waals surface area contributed by atoms with Crippen molar-refractivity contribution in [1.82, 2.24) is 0 Å². The Kier molecular flexibility index (Phi) is 30.1. The first kappa shape index (κ1) is 40.0. The van der Waals surface area contributed by atoms with Crippen LogP contribution in [0.15, 0.2) is 78.9 Å². The third-order valence-electron chi connectivity index (χ3n) is 3.41. The number of rotatable bonds is 6. The summed E-state index contributed by atoms with van der Waals surface area (Å²) >= 11 is 11.2. The van der Waals surface area contributed by atoms with Gasteiger partial charge in [0.1, 0.15) is 0 Å². The smallest absolute Gasteiger partial charge is 2.00 e. The summed E-state index contributed by atoms with van der Waals surface area (Å²) in [7, 11) is 2.43. The van der Waals surface area contributed by atoms with Crippen molar-refractivity contribution in [2.45, 2.75) is 6.42 Å². The van der Waals surface area contributed by atoms with Crippen molar-refractivity contribution in [1.29, 1.82) is 0 Å². The zero-order valence-corrected chi connectivity index (χ0v) is 23.3. The number of methoxy groups -OCH3 is 2. The molecule has 2 aromatic carbocycles. The number of hydrogen-bond donors (Lipinski definition) is 0. The maximum atomic E-state index is 11.0. The Bertz CT molecular complexity index is 947. The first-order chi connectivity index (χ1) is 16.4. The molecule has 2 rings (SSSR count). The molecule has 0 aliphatic rings. The van der Waals surface area contributed by atoms with E-state index in [-0.39, 0.29) is 33.1 Å². The Morgan fingerprint density at radius 3 is 1.60 bits per heavy atom. The second kappa shape index (κ2) is 26.4. The molecule has 7 nitrogen and oxygen atoms in total. The minimum absolute atomic E-state index is 0. The van der Waals surface area contributed by atoms with Crippen molar-refractivity contribution in [3.8, 4) is 0 Å². The van der Waals surface area contributed by atoms with Crippen LogP contribution in [0.1, 0.15) is 6.42 Å². The normalized spacial score (nSPS) is 8.89. The fourth-order valence-electron chi connectivity index (χ4n) is 2.02. The molecule has 0 aromatic heterocycles. The van der Waals surface area contributed by atoms with E-state index < -0.39 is 17.2 Å². The van der Waals surface area contributed by atoms with Crippen LogP contribution in [0.4, 0.5) is 0 Å². The summed E-state index contributed by atoms with van der Waals surface area (Å²) in [5.41, 5.74) is 0.101. The van der Waals surface area contributed by atoms with E-state index in [2.05, 4.69) is 42.1 Å². The van der Waals surface area contributed by atoms with Gasteiger partial charge in [0.2, 0.25) is 5.97 Å². The van der Waals surface area contributed by atoms with Gasteiger partial charge in [-0.2, -0.15) is 0 Å². The summed E-state index contributed by atoms with van der Waals surface area (Å²) in [6.45, 7) is 16.9. The van der Waals surface area contributed by atoms with E-state index in [1.54, 1.807) is 0 Å². The van der Waals surface area contributed by atoms with E-state index in [1.807, 2.05) is 60.7 Å². The maximum absolute atomic E-state index is 11.0. The molecule has 0 unspecified atom stereocenters. The van der Waals surface area contributed by atoms with Crippen molar-refractivity contribution in [2.75, 3.05) is 14.2 Å². The molecule has 35 heavy (non-hydrogen) atoms. The average Bonchev–Trinajstić information content (AvgIpc) is 2.92. The fraction of sp³-hybridized carbons (Fsp3) is 0.125. The molecule has 11 heteroatoms. The molecular formula is C24H21MoO7PS2. The van der Waals surface area contributed by atoms with E-state index in [9.17, 15) is 9.59 Å². The molecule has 0 fully saturated rings. The van der Waals surface area contributed by atoms with Crippen molar-refractivity contribution in [3.63, 3.8) is 0 Å². The van der Waals surface area contributed by atoms with Crippen LogP contribution in [0.3, 0.4) is 0 Å². The van der Waals surface area contributed by atoms with E-state index >= 15 is 0 Å². The number of allylic oxidation sites excluding steroid dienone is 1. The van der Waals surface area contributed by atoms with Crippen LogP contribution in [0, 0.1) is 26.0 Å². The molecular weight excluding hydrogens is 591 g/mol. The molecule has 0 radical (unpaired) electrons. The number of carbonyl (C=O) groups is 2. The number of benzene rings is 2. The standard InChI is InChI=1S/C12H11PS2.C9H11O4.3CO.Mo/c14-13(15,11-7-3-1-4-8-11)12-9-5-2-6-10-12;1-4-5-7(9(11)13-3)6-8(10)12-2;3*1-2;/h1-10H,(H,14,15);4H,1,5H2,2-3H3;;;;/q;-1;;;;+2/p-1. The predicted molar refractivity (Wildman–Crippen MR) is 131 cm³/mol. The predicted octanol–water partition coefficient (Wildman–Crippen LogP) is 3.10. The van der Waals surface area contributed by atoms with Crippen molar-refractivity contribution in [3.05, 3.63) is 105 Å². The minimum Gasteiger partial charge on any atom is 2.00 e. The van der Waals surface area contributed by atoms with Gasteiger partial charge >= 0.3 is 55.0 Å². The Morgan fingerprint density at radius 1 is 0.943 bits per heavy atom. The van der Waals surface area contributed by atoms with Crippen LogP contribution in [0.5, 0.6) is 0 Å². The van der Waals surface area contributed by atoms with E-state index in [0.29, 0.717) is 0 Å². The Morgan fingerprint density at radius 2 is 1.31 bits per heavy atom. The summed E-state index contributed by atoms with van der Waals surface area (Å²) in [5, 5.41) is 0.216. The summed E-state index contributed by atoms with van der Waals surface area (Å²) < 4.78 is 31.2. The molecule has 0 aliphatic carbocycles. The molecule has 2 aromatic rings. The van der Waals surface area contributed by atoms with E-state index in [4.69, 9.17) is 38.0 Å². The third kappa shape index (κ3) is 16.9. The van der Waals surface area contributed by atoms with Crippen LogP contribution in [0.25, 0.3) is 0 Å². The molecule has 0 saturated heterocycles. The van der Waals surface area contributed by atoms with Crippen LogP contribution in [0.2, 0.25) is 0 Å². The molecule has 0 saturated carbocycles. The number of carbonyl (C=O) groups excluding carboxylic acids is 2. The van der Waals surface area contributed by atoms with Gasteiger partial charge in [0, 0.05) is 0 Å². The summed E-state index contributed by atoms with van der Waals surface area (Å²) in [5.74, 6) is -1.31. The fourth-order valence-corrected chi connectivity index (χ4v) is 4.91. The number of ether oxygens (including phenoxy) is 2. The van der Waals surface area contributed by atoms with Gasteiger partial charge in [0.15, 0.2) is 5.97 Å². The van der Waals surface area contributed by atoms with Gasteiger partial charge < -0.3 is 26.5 Å². The van der Waals surface area contributed by atoms with E-state index in [0.717, 1.165) is 10.6 Å². The minimum atomic E-state index is -1.98.